The highest BCUT2D eigenvalue weighted by molar-refractivity contribution is 5.94. The molecule has 0 saturated heterocycles. The first-order valence-corrected chi connectivity index (χ1v) is 14.9. The highest BCUT2D eigenvalue weighted by Gasteiger charge is 2.47. The summed E-state index contributed by atoms with van der Waals surface area (Å²) in [5.74, 6) is -0.288. The van der Waals surface area contributed by atoms with Crippen LogP contribution in [0.5, 0.6) is 11.5 Å². The molecule has 2 aromatic heterocycles. The zero-order chi connectivity index (χ0) is 29.9. The second-order valence-electron chi connectivity index (χ2n) is 11.9. The van der Waals surface area contributed by atoms with E-state index in [0.29, 0.717) is 28.2 Å². The Morgan fingerprint density at radius 3 is 2.50 bits per heavy atom. The van der Waals surface area contributed by atoms with E-state index in [-0.39, 0.29) is 29.2 Å². The molecule has 9 heteroatoms. The zero-order valence-corrected chi connectivity index (χ0v) is 23.6. The van der Waals surface area contributed by atoms with E-state index in [2.05, 4.69) is 10.3 Å². The van der Waals surface area contributed by atoms with Gasteiger partial charge in [0.15, 0.2) is 5.82 Å². The van der Waals surface area contributed by atoms with Gasteiger partial charge in [-0.25, -0.2) is 18.7 Å². The molecule has 1 aliphatic heterocycles. The molecule has 3 fully saturated rings. The van der Waals surface area contributed by atoms with Gasteiger partial charge in [0.2, 0.25) is 0 Å². The van der Waals surface area contributed by atoms with E-state index in [1.807, 2.05) is 60.7 Å². The number of aliphatic carboxylic acids is 1. The van der Waals surface area contributed by atoms with Gasteiger partial charge in [0, 0.05) is 52.0 Å². The number of ether oxygens (including phenoxy) is 1. The molecule has 2 bridgehead atoms. The first-order valence-electron chi connectivity index (χ1n) is 14.9. The molecule has 0 radical (unpaired) electrons. The molecule has 3 N–H and O–H groups in total. The molecule has 220 valence electrons. The third-order valence-electron chi connectivity index (χ3n) is 9.38. The first kappa shape index (κ1) is 26.6. The molecule has 0 spiro atoms. The summed E-state index contributed by atoms with van der Waals surface area (Å²) >= 11 is 0. The van der Waals surface area contributed by atoms with Crippen molar-refractivity contribution in [3.05, 3.63) is 89.6 Å². The number of nitrogens with zero attached hydrogens (tertiary/aromatic N) is 2. The summed E-state index contributed by atoms with van der Waals surface area (Å²) in [6.07, 6.45) is 9.35. The summed E-state index contributed by atoms with van der Waals surface area (Å²) in [7, 11) is 0. The number of fused-ring (bicyclic) bond motifs is 6. The lowest BCUT2D eigenvalue weighted by Gasteiger charge is -2.47. The van der Waals surface area contributed by atoms with Crippen LogP contribution in [0, 0.1) is 29.4 Å². The minimum atomic E-state index is -0.801. The van der Waals surface area contributed by atoms with Crippen molar-refractivity contribution in [1.29, 1.82) is 0 Å². The molecule has 5 aromatic rings. The molecule has 4 aliphatic rings. The standard InChI is InChI=1S/C35H28F2N4O3/c36-23-14-24-25(17-38-33(24)26(37)15-23)34-39-27(16-30(41-34)40-32-21-10-8-20(9-11-21)31(32)35(42)43)22-12-7-19-6-5-18-3-1-2-4-28(18)44-29(19)13-22/h1-7,12-17,20-21,31-32,38H,8-11H2,(H,42,43)(H,39,40,41)/t20?,21?,31-,32-/m1/s1. The molecule has 0 amide bonds. The van der Waals surface area contributed by atoms with Gasteiger partial charge in [0.25, 0.3) is 0 Å². The summed E-state index contributed by atoms with van der Waals surface area (Å²) in [5.41, 5.74) is 3.78. The molecule has 7 nitrogen and oxygen atoms in total. The maximum Gasteiger partial charge on any atom is 0.308 e. The Kier molecular flexibility index (Phi) is 6.22. The quantitative estimate of drug-likeness (QED) is 0.187. The Bertz CT molecular complexity index is 1980. The summed E-state index contributed by atoms with van der Waals surface area (Å²) in [6, 6.07) is 17.2. The molecule has 2 atom stereocenters. The molecule has 3 aromatic carbocycles. The molecular formula is C35H28F2N4O3. The van der Waals surface area contributed by atoms with E-state index in [9.17, 15) is 18.7 Å². The maximum atomic E-state index is 14.6. The largest absolute Gasteiger partial charge is 0.481 e. The Morgan fingerprint density at radius 2 is 1.68 bits per heavy atom. The van der Waals surface area contributed by atoms with Gasteiger partial charge in [-0.05, 0) is 55.7 Å². The number of rotatable bonds is 5. The van der Waals surface area contributed by atoms with Crippen LogP contribution in [-0.4, -0.2) is 32.1 Å². The predicted molar refractivity (Wildman–Crippen MR) is 164 cm³/mol. The van der Waals surface area contributed by atoms with Gasteiger partial charge >= 0.3 is 5.97 Å². The fourth-order valence-corrected chi connectivity index (χ4v) is 7.24. The van der Waals surface area contributed by atoms with Crippen molar-refractivity contribution in [2.45, 2.75) is 31.7 Å². The minimum absolute atomic E-state index is 0.119. The Hall–Kier alpha value is -5.05. The van der Waals surface area contributed by atoms with Crippen molar-refractivity contribution in [3.8, 4) is 34.1 Å². The van der Waals surface area contributed by atoms with Crippen LogP contribution in [0.25, 0.3) is 45.7 Å². The van der Waals surface area contributed by atoms with Gasteiger partial charge in [-0.2, -0.15) is 0 Å². The second kappa shape index (κ2) is 10.3. The van der Waals surface area contributed by atoms with Crippen molar-refractivity contribution in [1.82, 2.24) is 15.0 Å². The normalized spacial score (nSPS) is 21.8. The summed E-state index contributed by atoms with van der Waals surface area (Å²) in [4.78, 5) is 24.9. The number of benzene rings is 3. The van der Waals surface area contributed by atoms with Crippen LogP contribution in [0.4, 0.5) is 14.6 Å². The van der Waals surface area contributed by atoms with Crippen LogP contribution < -0.4 is 10.1 Å². The van der Waals surface area contributed by atoms with Crippen LogP contribution >= 0.6 is 0 Å². The maximum absolute atomic E-state index is 14.6. The van der Waals surface area contributed by atoms with Crippen molar-refractivity contribution in [2.24, 2.45) is 17.8 Å². The van der Waals surface area contributed by atoms with Gasteiger partial charge in [0.05, 0.1) is 17.1 Å². The number of hydrogen-bond donors (Lipinski definition) is 3. The molecule has 44 heavy (non-hydrogen) atoms. The van der Waals surface area contributed by atoms with E-state index in [4.69, 9.17) is 14.7 Å². The molecule has 3 saturated carbocycles. The van der Waals surface area contributed by atoms with Gasteiger partial charge in [-0.15, -0.1) is 0 Å². The van der Waals surface area contributed by atoms with Crippen LogP contribution in [0.1, 0.15) is 36.8 Å². The average Bonchev–Trinajstić information content (AvgIpc) is 3.36. The lowest BCUT2D eigenvalue weighted by molar-refractivity contribution is -0.148. The van der Waals surface area contributed by atoms with Crippen LogP contribution in [0.3, 0.4) is 0 Å². The SMILES string of the molecule is O=C(O)[C@@H]1C2CCC(CC2)[C@H]1Nc1cc(-c2ccc3c(c2)Oc2ccccc2C=C3)nc(-c2c[nH]c3c(F)cc(F)cc23)n1. The Morgan fingerprint density at radius 1 is 0.909 bits per heavy atom. The highest BCUT2D eigenvalue weighted by Crippen LogP contribution is 2.47. The zero-order valence-electron chi connectivity index (χ0n) is 23.6. The van der Waals surface area contributed by atoms with E-state index >= 15 is 0 Å². The molecule has 0 unspecified atom stereocenters. The number of H-pyrrole nitrogens is 1. The van der Waals surface area contributed by atoms with E-state index in [0.717, 1.165) is 54.2 Å². The van der Waals surface area contributed by atoms with Gasteiger partial charge < -0.3 is 20.1 Å². The Balaban J connectivity index is 1.25. The number of hydrogen-bond acceptors (Lipinski definition) is 5. The van der Waals surface area contributed by atoms with Crippen molar-refractivity contribution >= 4 is 34.8 Å². The lowest BCUT2D eigenvalue weighted by Crippen LogP contribution is -2.51. The number of nitrogens with one attached hydrogen (secondary N) is 2. The van der Waals surface area contributed by atoms with Crippen LogP contribution in [0.2, 0.25) is 0 Å². The predicted octanol–water partition coefficient (Wildman–Crippen LogP) is 8.15. The number of carboxylic acids is 1. The molecular weight excluding hydrogens is 562 g/mol. The average molecular weight is 591 g/mol. The summed E-state index contributed by atoms with van der Waals surface area (Å²) in [5, 5.41) is 14.0. The number of carbonyl (C=O) groups is 1. The van der Waals surface area contributed by atoms with E-state index < -0.39 is 23.5 Å². The third kappa shape index (κ3) is 4.51. The number of carboxylic acid groups (broad SMARTS) is 1. The van der Waals surface area contributed by atoms with Crippen LogP contribution in [0.15, 0.2) is 66.9 Å². The van der Waals surface area contributed by atoms with Gasteiger partial charge in [0.1, 0.15) is 29.0 Å². The minimum Gasteiger partial charge on any atom is -0.481 e. The van der Waals surface area contributed by atoms with E-state index in [1.165, 1.54) is 6.07 Å². The smallest absolute Gasteiger partial charge is 0.308 e. The number of para-hydroxylation sites is 1. The van der Waals surface area contributed by atoms with Crippen molar-refractivity contribution in [3.63, 3.8) is 0 Å². The monoisotopic (exact) mass is 590 g/mol. The number of anilines is 1. The highest BCUT2D eigenvalue weighted by atomic mass is 19.1. The molecule has 3 aliphatic carbocycles. The Labute approximate surface area is 251 Å². The number of halogens is 2. The topological polar surface area (TPSA) is 100 Å². The summed E-state index contributed by atoms with van der Waals surface area (Å²) in [6.45, 7) is 0. The third-order valence-corrected chi connectivity index (χ3v) is 9.38. The molecule has 9 rings (SSSR count). The van der Waals surface area contributed by atoms with E-state index in [1.54, 1.807) is 6.20 Å². The van der Waals surface area contributed by atoms with Gasteiger partial charge in [-0.3, -0.25) is 4.79 Å². The van der Waals surface area contributed by atoms with Crippen LogP contribution in [-0.2, 0) is 4.79 Å². The first-order chi connectivity index (χ1) is 21.4. The summed E-state index contributed by atoms with van der Waals surface area (Å²) < 4.78 is 35.2. The fourth-order valence-electron chi connectivity index (χ4n) is 7.24. The number of aromatic nitrogens is 3. The van der Waals surface area contributed by atoms with Crippen molar-refractivity contribution in [2.75, 3.05) is 5.32 Å². The lowest BCUT2D eigenvalue weighted by atomic mass is 9.61. The molecule has 3 heterocycles. The number of aromatic amines is 1. The second-order valence-corrected chi connectivity index (χ2v) is 11.9. The fraction of sp³-hybridized carbons (Fsp3) is 0.229. The van der Waals surface area contributed by atoms with Crippen molar-refractivity contribution < 1.29 is 23.4 Å². The van der Waals surface area contributed by atoms with Gasteiger partial charge in [-0.1, -0.05) is 42.5 Å².